The highest BCUT2D eigenvalue weighted by atomic mass is 16.4. The smallest absolute Gasteiger partial charge is 0.357 e. The topological polar surface area (TPSA) is 84.2 Å². The summed E-state index contributed by atoms with van der Waals surface area (Å²) in [6.07, 6.45) is 0.540. The van der Waals surface area contributed by atoms with Crippen molar-refractivity contribution < 1.29 is 14.7 Å². The summed E-state index contributed by atoms with van der Waals surface area (Å²) in [7, 11) is 1.67. The predicted octanol–water partition coefficient (Wildman–Crippen LogP) is 0.840. The second-order valence-corrected chi connectivity index (χ2v) is 3.27. The molecule has 1 heterocycles. The van der Waals surface area contributed by atoms with Crippen molar-refractivity contribution >= 4 is 29.0 Å². The van der Waals surface area contributed by atoms with Crippen LogP contribution in [0.15, 0.2) is 18.2 Å². The minimum atomic E-state index is -1.09. The van der Waals surface area contributed by atoms with E-state index in [0.29, 0.717) is 23.0 Å². The van der Waals surface area contributed by atoms with Gasteiger partial charge < -0.3 is 10.4 Å². The van der Waals surface area contributed by atoms with Crippen molar-refractivity contribution in [1.82, 2.24) is 9.78 Å². The van der Waals surface area contributed by atoms with Gasteiger partial charge in [0.25, 0.3) is 0 Å². The zero-order valence-corrected chi connectivity index (χ0v) is 8.47. The van der Waals surface area contributed by atoms with E-state index < -0.39 is 5.97 Å². The van der Waals surface area contributed by atoms with Crippen LogP contribution in [-0.2, 0) is 11.8 Å². The number of hydrogen-bond acceptors (Lipinski definition) is 3. The molecule has 0 aliphatic heterocycles. The Labute approximate surface area is 90.5 Å². The summed E-state index contributed by atoms with van der Waals surface area (Å²) >= 11 is 0. The molecule has 2 aromatic rings. The number of hydrogen-bond donors (Lipinski definition) is 2. The molecule has 1 aromatic heterocycles. The average Bonchev–Trinajstić information content (AvgIpc) is 2.57. The van der Waals surface area contributed by atoms with Crippen molar-refractivity contribution in [2.24, 2.45) is 7.05 Å². The number of carboxylic acid groups (broad SMARTS) is 1. The lowest BCUT2D eigenvalue weighted by atomic mass is 10.2. The highest BCUT2D eigenvalue weighted by molar-refractivity contribution is 6.02. The Morgan fingerprint density at radius 2 is 2.31 bits per heavy atom. The van der Waals surface area contributed by atoms with E-state index in [9.17, 15) is 9.59 Å². The van der Waals surface area contributed by atoms with Gasteiger partial charge >= 0.3 is 5.97 Å². The number of aryl methyl sites for hydroxylation is 1. The monoisotopic (exact) mass is 219 g/mol. The van der Waals surface area contributed by atoms with Crippen LogP contribution in [-0.4, -0.2) is 27.3 Å². The van der Waals surface area contributed by atoms with Crippen LogP contribution >= 0.6 is 0 Å². The summed E-state index contributed by atoms with van der Waals surface area (Å²) in [5.74, 6) is -1.09. The molecule has 0 fully saturated rings. The van der Waals surface area contributed by atoms with Gasteiger partial charge in [-0.15, -0.1) is 0 Å². The van der Waals surface area contributed by atoms with Gasteiger partial charge in [0.1, 0.15) is 0 Å². The van der Waals surface area contributed by atoms with Gasteiger partial charge in [-0.25, -0.2) is 4.79 Å². The third-order valence-corrected chi connectivity index (χ3v) is 2.28. The van der Waals surface area contributed by atoms with Gasteiger partial charge in [-0.1, -0.05) is 0 Å². The van der Waals surface area contributed by atoms with E-state index >= 15 is 0 Å². The van der Waals surface area contributed by atoms with Crippen LogP contribution in [0.3, 0.4) is 0 Å². The van der Waals surface area contributed by atoms with E-state index in [2.05, 4.69) is 10.4 Å². The van der Waals surface area contributed by atoms with Crippen molar-refractivity contribution in [3.63, 3.8) is 0 Å². The molecule has 6 nitrogen and oxygen atoms in total. The molecule has 0 aliphatic carbocycles. The molecule has 0 atom stereocenters. The predicted molar refractivity (Wildman–Crippen MR) is 57.4 cm³/mol. The molecule has 0 unspecified atom stereocenters. The first-order chi connectivity index (χ1) is 7.63. The Bertz CT molecular complexity index is 574. The Balaban J connectivity index is 2.69. The number of carbonyl (C=O) groups excluding carboxylic acids is 1. The molecule has 0 saturated carbocycles. The number of benzene rings is 1. The van der Waals surface area contributed by atoms with Gasteiger partial charge in [-0.3, -0.25) is 9.48 Å². The summed E-state index contributed by atoms with van der Waals surface area (Å²) in [6, 6.07) is 4.98. The molecule has 1 aromatic carbocycles. The third kappa shape index (κ3) is 1.50. The quantitative estimate of drug-likeness (QED) is 0.749. The molecule has 2 rings (SSSR count). The molecular formula is C10H9N3O3. The molecule has 16 heavy (non-hydrogen) atoms. The third-order valence-electron chi connectivity index (χ3n) is 2.28. The van der Waals surface area contributed by atoms with Gasteiger partial charge in [0.05, 0.1) is 5.52 Å². The molecule has 2 N–H and O–H groups in total. The van der Waals surface area contributed by atoms with Crippen molar-refractivity contribution in [1.29, 1.82) is 0 Å². The number of aromatic carboxylic acids is 1. The first kappa shape index (κ1) is 10.2. The van der Waals surface area contributed by atoms with Crippen molar-refractivity contribution in [2.45, 2.75) is 0 Å². The van der Waals surface area contributed by atoms with Crippen molar-refractivity contribution in [2.75, 3.05) is 5.32 Å². The maximum absolute atomic E-state index is 10.9. The van der Waals surface area contributed by atoms with E-state index in [0.717, 1.165) is 0 Å². The number of aromatic nitrogens is 2. The lowest BCUT2D eigenvalue weighted by Crippen LogP contribution is -1.99. The second kappa shape index (κ2) is 3.65. The molecule has 0 aliphatic rings. The van der Waals surface area contributed by atoms with Gasteiger partial charge in [-0.05, 0) is 18.2 Å². The molecule has 0 saturated heterocycles. The molecule has 0 radical (unpaired) electrons. The first-order valence-corrected chi connectivity index (χ1v) is 4.53. The maximum atomic E-state index is 10.9. The first-order valence-electron chi connectivity index (χ1n) is 4.53. The number of anilines is 1. The fraction of sp³-hybridized carbons (Fsp3) is 0.100. The SMILES string of the molecule is Cn1nc(C(=O)O)c2cc(NC=O)ccc21. The molecule has 1 amide bonds. The van der Waals surface area contributed by atoms with Crippen LogP contribution in [0.5, 0.6) is 0 Å². The van der Waals surface area contributed by atoms with Crippen LogP contribution in [0.2, 0.25) is 0 Å². The highest BCUT2D eigenvalue weighted by Crippen LogP contribution is 2.21. The molecular weight excluding hydrogens is 210 g/mol. The lowest BCUT2D eigenvalue weighted by molar-refractivity contribution is -0.105. The van der Waals surface area contributed by atoms with E-state index in [4.69, 9.17) is 5.11 Å². The minimum absolute atomic E-state index is 0.0213. The van der Waals surface area contributed by atoms with Crippen molar-refractivity contribution in [3.8, 4) is 0 Å². The van der Waals surface area contributed by atoms with Gasteiger partial charge in [0.15, 0.2) is 5.69 Å². The number of carboxylic acids is 1. The number of carbonyl (C=O) groups is 2. The minimum Gasteiger partial charge on any atom is -0.476 e. The zero-order valence-electron chi connectivity index (χ0n) is 8.47. The summed E-state index contributed by atoms with van der Waals surface area (Å²) in [4.78, 5) is 21.2. The summed E-state index contributed by atoms with van der Waals surface area (Å²) in [6.45, 7) is 0. The van der Waals surface area contributed by atoms with Crippen LogP contribution in [0, 0.1) is 0 Å². The molecule has 82 valence electrons. The number of nitrogens with one attached hydrogen (secondary N) is 1. The van der Waals surface area contributed by atoms with Gasteiger partial charge in [0.2, 0.25) is 6.41 Å². The largest absolute Gasteiger partial charge is 0.476 e. The van der Waals surface area contributed by atoms with Crippen molar-refractivity contribution in [3.05, 3.63) is 23.9 Å². The maximum Gasteiger partial charge on any atom is 0.357 e. The molecule has 6 heteroatoms. The van der Waals surface area contributed by atoms with Gasteiger partial charge in [0, 0.05) is 18.1 Å². The van der Waals surface area contributed by atoms with Crippen LogP contribution in [0.1, 0.15) is 10.5 Å². The summed E-state index contributed by atoms with van der Waals surface area (Å²) < 4.78 is 1.49. The Morgan fingerprint density at radius 3 is 2.94 bits per heavy atom. The van der Waals surface area contributed by atoms with E-state index in [1.807, 2.05) is 0 Å². The standard InChI is InChI=1S/C10H9N3O3/c1-13-8-3-2-6(11-5-14)4-7(8)9(12-13)10(15)16/h2-5H,1H3,(H,11,14)(H,15,16). The van der Waals surface area contributed by atoms with Crippen LogP contribution < -0.4 is 5.32 Å². The van der Waals surface area contributed by atoms with Crippen LogP contribution in [0.25, 0.3) is 10.9 Å². The fourth-order valence-electron chi connectivity index (χ4n) is 1.58. The zero-order chi connectivity index (χ0) is 11.7. The number of amides is 1. The van der Waals surface area contributed by atoms with Crippen LogP contribution in [0.4, 0.5) is 5.69 Å². The molecule has 0 spiro atoms. The molecule has 0 bridgehead atoms. The number of nitrogens with zero attached hydrogens (tertiary/aromatic N) is 2. The highest BCUT2D eigenvalue weighted by Gasteiger charge is 2.14. The summed E-state index contributed by atoms with van der Waals surface area (Å²) in [5, 5.41) is 15.8. The fourth-order valence-corrected chi connectivity index (χ4v) is 1.58. The number of fused-ring (bicyclic) bond motifs is 1. The summed E-state index contributed by atoms with van der Waals surface area (Å²) in [5.41, 5.74) is 1.22. The van der Waals surface area contributed by atoms with E-state index in [-0.39, 0.29) is 5.69 Å². The Morgan fingerprint density at radius 1 is 1.56 bits per heavy atom. The Hall–Kier alpha value is -2.37. The van der Waals surface area contributed by atoms with Gasteiger partial charge in [-0.2, -0.15) is 5.10 Å². The Kier molecular flexibility index (Phi) is 2.32. The lowest BCUT2D eigenvalue weighted by Gasteiger charge is -1.98. The van der Waals surface area contributed by atoms with E-state index in [1.54, 1.807) is 25.2 Å². The normalized spacial score (nSPS) is 10.3. The second-order valence-electron chi connectivity index (χ2n) is 3.27. The van der Waals surface area contributed by atoms with E-state index in [1.165, 1.54) is 4.68 Å². The number of rotatable bonds is 3. The average molecular weight is 219 g/mol.